The molecule has 1 aliphatic heterocycles. The van der Waals surface area contributed by atoms with Crippen molar-refractivity contribution in [2.75, 3.05) is 18.9 Å². The van der Waals surface area contributed by atoms with Crippen LogP contribution in [0, 0.1) is 12.8 Å². The number of ether oxygens (including phenoxy) is 3. The molecular formula is C34H38N4O6S2. The Bertz CT molecular complexity index is 1600. The number of aliphatic hydroxyl groups excluding tert-OH is 1. The van der Waals surface area contributed by atoms with Crippen LogP contribution in [0.25, 0.3) is 11.1 Å². The molecular weight excluding hydrogens is 625 g/mol. The molecule has 1 aliphatic rings. The van der Waals surface area contributed by atoms with Crippen molar-refractivity contribution in [2.45, 2.75) is 56.8 Å². The number of urea groups is 1. The Morgan fingerprint density at radius 2 is 1.72 bits per heavy atom. The van der Waals surface area contributed by atoms with Crippen molar-refractivity contribution in [3.63, 3.8) is 0 Å². The fourth-order valence-electron chi connectivity index (χ4n) is 5.18. The van der Waals surface area contributed by atoms with E-state index in [1.165, 1.54) is 0 Å². The number of nitrogens with one attached hydrogen (secondary N) is 2. The fourth-order valence-corrected chi connectivity index (χ4v) is 7.18. The van der Waals surface area contributed by atoms with Gasteiger partial charge in [-0.05, 0) is 41.7 Å². The van der Waals surface area contributed by atoms with E-state index in [1.807, 2.05) is 79.7 Å². The van der Waals surface area contributed by atoms with Crippen molar-refractivity contribution in [1.29, 1.82) is 0 Å². The predicted molar refractivity (Wildman–Crippen MR) is 177 cm³/mol. The van der Waals surface area contributed by atoms with Crippen LogP contribution in [-0.2, 0) is 32.2 Å². The summed E-state index contributed by atoms with van der Waals surface area (Å²) in [6.07, 6.45) is -0.916. The number of carbonyl (C=O) groups excluding carboxylic acids is 2. The van der Waals surface area contributed by atoms with Crippen LogP contribution in [0.2, 0.25) is 0 Å². The minimum absolute atomic E-state index is 0.0121. The molecule has 4 atom stereocenters. The second-order valence-electron chi connectivity index (χ2n) is 10.8. The van der Waals surface area contributed by atoms with E-state index in [9.17, 15) is 14.7 Å². The van der Waals surface area contributed by atoms with Gasteiger partial charge >= 0.3 is 12.0 Å². The minimum Gasteiger partial charge on any atom is -0.465 e. The molecule has 5 rings (SSSR count). The fraction of sp³-hybridized carbons (Fsp3) is 0.353. The lowest BCUT2D eigenvalue weighted by atomic mass is 9.91. The maximum absolute atomic E-state index is 12.3. The molecule has 2 amide bonds. The lowest BCUT2D eigenvalue weighted by molar-refractivity contribution is -0.268. The Kier molecular flexibility index (Phi) is 11.8. The Morgan fingerprint density at radius 3 is 2.41 bits per heavy atom. The normalized spacial score (nSPS) is 19.4. The number of rotatable bonds is 12. The molecule has 4 unspecified atom stereocenters. The average Bonchev–Trinajstić information content (AvgIpc) is 3.51. The number of aryl methyl sites for hydroxylation is 1. The van der Waals surface area contributed by atoms with Gasteiger partial charge in [0.25, 0.3) is 0 Å². The van der Waals surface area contributed by atoms with E-state index in [2.05, 4.69) is 27.8 Å². The lowest BCUT2D eigenvalue weighted by Gasteiger charge is -2.41. The van der Waals surface area contributed by atoms with Crippen LogP contribution in [0.3, 0.4) is 0 Å². The third-order valence-corrected chi connectivity index (χ3v) is 9.71. The SMILES string of the molecule is CCOC(=O)CNC(=O)NCc1ccccc1-c1ccc(C2OC(CSc3nnc(C)s3)C(C)C(c3ccc(CO)cc3)O2)cc1. The Balaban J connectivity index is 1.31. The van der Waals surface area contributed by atoms with Gasteiger partial charge in [0, 0.05) is 23.8 Å². The quantitative estimate of drug-likeness (QED) is 0.124. The van der Waals surface area contributed by atoms with Gasteiger partial charge in [-0.25, -0.2) is 4.79 Å². The lowest BCUT2D eigenvalue weighted by Crippen LogP contribution is -2.38. The van der Waals surface area contributed by atoms with E-state index in [1.54, 1.807) is 30.0 Å². The number of amides is 2. The van der Waals surface area contributed by atoms with Gasteiger partial charge < -0.3 is 30.0 Å². The molecule has 242 valence electrons. The maximum atomic E-state index is 12.3. The molecule has 12 heteroatoms. The summed E-state index contributed by atoms with van der Waals surface area (Å²) in [5.74, 6) is 0.277. The van der Waals surface area contributed by atoms with E-state index >= 15 is 0 Å². The Morgan fingerprint density at radius 1 is 0.978 bits per heavy atom. The zero-order valence-corrected chi connectivity index (χ0v) is 27.6. The van der Waals surface area contributed by atoms with Crippen LogP contribution >= 0.6 is 23.1 Å². The van der Waals surface area contributed by atoms with E-state index in [0.29, 0.717) is 5.75 Å². The van der Waals surface area contributed by atoms with Gasteiger partial charge in [-0.1, -0.05) is 103 Å². The molecule has 4 aromatic rings. The zero-order chi connectivity index (χ0) is 32.5. The summed E-state index contributed by atoms with van der Waals surface area (Å²) >= 11 is 3.21. The van der Waals surface area contributed by atoms with Crippen molar-refractivity contribution >= 4 is 35.1 Å². The highest BCUT2D eigenvalue weighted by atomic mass is 32.2. The van der Waals surface area contributed by atoms with Crippen molar-refractivity contribution in [3.05, 3.63) is 100 Å². The van der Waals surface area contributed by atoms with Crippen molar-refractivity contribution in [1.82, 2.24) is 20.8 Å². The Hall–Kier alpha value is -3.81. The third kappa shape index (κ3) is 8.71. The first-order valence-electron chi connectivity index (χ1n) is 15.1. The summed E-state index contributed by atoms with van der Waals surface area (Å²) in [5, 5.41) is 24.2. The minimum atomic E-state index is -0.588. The number of benzene rings is 3. The summed E-state index contributed by atoms with van der Waals surface area (Å²) in [7, 11) is 0. The number of hydrogen-bond acceptors (Lipinski definition) is 10. The monoisotopic (exact) mass is 662 g/mol. The number of carbonyl (C=O) groups is 2. The maximum Gasteiger partial charge on any atom is 0.325 e. The van der Waals surface area contributed by atoms with Crippen molar-refractivity contribution in [3.8, 4) is 11.1 Å². The van der Waals surface area contributed by atoms with Crippen LogP contribution in [0.1, 0.15) is 53.5 Å². The molecule has 0 bridgehead atoms. The Labute approximate surface area is 276 Å². The van der Waals surface area contributed by atoms with Crippen LogP contribution in [0.5, 0.6) is 0 Å². The smallest absolute Gasteiger partial charge is 0.325 e. The molecule has 0 spiro atoms. The van der Waals surface area contributed by atoms with Gasteiger partial charge in [0.2, 0.25) is 0 Å². The summed E-state index contributed by atoms with van der Waals surface area (Å²) in [5.41, 5.74) is 5.65. The molecule has 46 heavy (non-hydrogen) atoms. The van der Waals surface area contributed by atoms with Gasteiger partial charge in [-0.15, -0.1) is 10.2 Å². The van der Waals surface area contributed by atoms with Gasteiger partial charge in [0.15, 0.2) is 10.6 Å². The first kappa shape index (κ1) is 33.6. The van der Waals surface area contributed by atoms with E-state index < -0.39 is 18.3 Å². The summed E-state index contributed by atoms with van der Waals surface area (Å²) < 4.78 is 19.0. The molecule has 10 nitrogen and oxygen atoms in total. The van der Waals surface area contributed by atoms with Gasteiger partial charge in [0.1, 0.15) is 11.6 Å². The largest absolute Gasteiger partial charge is 0.465 e. The first-order chi connectivity index (χ1) is 22.3. The number of esters is 1. The molecule has 2 heterocycles. The van der Waals surface area contributed by atoms with E-state index in [4.69, 9.17) is 14.2 Å². The van der Waals surface area contributed by atoms with E-state index in [-0.39, 0.29) is 44.4 Å². The summed E-state index contributed by atoms with van der Waals surface area (Å²) in [4.78, 5) is 23.8. The molecule has 0 radical (unpaired) electrons. The molecule has 0 aliphatic carbocycles. The number of aromatic nitrogens is 2. The second kappa shape index (κ2) is 16.1. The van der Waals surface area contributed by atoms with Crippen molar-refractivity contribution in [2.24, 2.45) is 5.92 Å². The predicted octanol–water partition coefficient (Wildman–Crippen LogP) is 5.95. The molecule has 3 N–H and O–H groups in total. The average molecular weight is 663 g/mol. The van der Waals surface area contributed by atoms with Gasteiger partial charge in [-0.3, -0.25) is 4.79 Å². The molecule has 0 saturated carbocycles. The molecule has 1 saturated heterocycles. The molecule has 1 fully saturated rings. The molecule has 1 aromatic heterocycles. The zero-order valence-electron chi connectivity index (χ0n) is 26.0. The highest BCUT2D eigenvalue weighted by Crippen LogP contribution is 2.43. The topological polar surface area (TPSA) is 132 Å². The second-order valence-corrected chi connectivity index (χ2v) is 13.3. The first-order valence-corrected chi connectivity index (χ1v) is 16.9. The van der Waals surface area contributed by atoms with E-state index in [0.717, 1.165) is 42.7 Å². The van der Waals surface area contributed by atoms with Crippen LogP contribution < -0.4 is 10.6 Å². The standard InChI is InChI=1S/C34H38N4O6S2/c1-4-42-30(40)18-36-33(41)35-17-27-7-5-6-8-28(27)24-13-15-26(16-14-24)32-43-29(20-45-34-38-37-22(3)46-34)21(2)31(44-32)25-11-9-23(19-39)10-12-25/h5-16,21,29,31-32,39H,4,17-20H2,1-3H3,(H2,35,36,41). The molecule has 3 aromatic carbocycles. The highest BCUT2D eigenvalue weighted by Gasteiger charge is 2.38. The summed E-state index contributed by atoms with van der Waals surface area (Å²) in [6.45, 7) is 6.14. The van der Waals surface area contributed by atoms with Gasteiger partial charge in [-0.2, -0.15) is 0 Å². The van der Waals surface area contributed by atoms with Gasteiger partial charge in [0.05, 0.1) is 25.4 Å². The van der Waals surface area contributed by atoms with Crippen LogP contribution in [-0.4, -0.2) is 52.3 Å². The number of nitrogens with zero attached hydrogens (tertiary/aromatic N) is 2. The van der Waals surface area contributed by atoms with Crippen LogP contribution in [0.15, 0.2) is 77.1 Å². The highest BCUT2D eigenvalue weighted by molar-refractivity contribution is 8.01. The summed E-state index contributed by atoms with van der Waals surface area (Å²) in [6, 6.07) is 23.3. The van der Waals surface area contributed by atoms with Crippen molar-refractivity contribution < 1.29 is 28.9 Å². The number of thioether (sulfide) groups is 1. The number of aliphatic hydroxyl groups is 1. The third-order valence-electron chi connectivity index (χ3n) is 7.65. The van der Waals surface area contributed by atoms with Crippen LogP contribution in [0.4, 0.5) is 4.79 Å². The number of hydrogen-bond donors (Lipinski definition) is 3.